The number of fused-ring (bicyclic) bond motifs is 1. The summed E-state index contributed by atoms with van der Waals surface area (Å²) in [6.07, 6.45) is 7.47. The summed E-state index contributed by atoms with van der Waals surface area (Å²) >= 11 is 0. The van der Waals surface area contributed by atoms with Crippen LogP contribution >= 0.6 is 0 Å². The van der Waals surface area contributed by atoms with Crippen LogP contribution in [0.4, 0.5) is 5.82 Å². The van der Waals surface area contributed by atoms with Gasteiger partial charge in [0.25, 0.3) is 0 Å². The van der Waals surface area contributed by atoms with Crippen LogP contribution in [0.1, 0.15) is 25.1 Å². The molecule has 4 heterocycles. The number of hydrogen-bond donors (Lipinski definition) is 2. The average molecular weight is 342 g/mol. The van der Waals surface area contributed by atoms with E-state index in [1.165, 1.54) is 6.33 Å². The van der Waals surface area contributed by atoms with Crippen LogP contribution in [0.5, 0.6) is 0 Å². The fraction of sp³-hybridized carbons (Fsp3) is 0.500. The summed E-state index contributed by atoms with van der Waals surface area (Å²) in [5.41, 5.74) is 7.41. The van der Waals surface area contributed by atoms with Gasteiger partial charge in [-0.05, 0) is 13.3 Å². The van der Waals surface area contributed by atoms with Crippen molar-refractivity contribution in [2.45, 2.75) is 31.5 Å². The molecule has 0 spiro atoms. The Bertz CT molecular complexity index is 899. The largest absolute Gasteiger partial charge is 0.388 e. The van der Waals surface area contributed by atoms with Crippen molar-refractivity contribution in [3.05, 3.63) is 30.9 Å². The molecular weight excluding hydrogens is 320 g/mol. The van der Waals surface area contributed by atoms with E-state index in [4.69, 9.17) is 5.73 Å². The van der Waals surface area contributed by atoms with E-state index < -0.39 is 5.60 Å². The fourth-order valence-electron chi connectivity index (χ4n) is 3.48. The summed E-state index contributed by atoms with van der Waals surface area (Å²) in [6.45, 7) is 4.16. The molecule has 4 rings (SSSR count). The Morgan fingerprint density at radius 3 is 2.92 bits per heavy atom. The number of anilines is 1. The van der Waals surface area contributed by atoms with Crippen LogP contribution < -0.4 is 5.73 Å². The minimum absolute atomic E-state index is 0.172. The number of aryl methyl sites for hydroxylation is 1. The number of hydrogen-bond acceptors (Lipinski definition) is 7. The fourth-order valence-corrected chi connectivity index (χ4v) is 3.48. The Morgan fingerprint density at radius 1 is 1.32 bits per heavy atom. The van der Waals surface area contributed by atoms with E-state index in [1.54, 1.807) is 12.7 Å². The maximum Gasteiger partial charge on any atom is 0.165 e. The summed E-state index contributed by atoms with van der Waals surface area (Å²) in [7, 11) is 1.99. The summed E-state index contributed by atoms with van der Waals surface area (Å²) in [4.78, 5) is 19.1. The van der Waals surface area contributed by atoms with Crippen molar-refractivity contribution in [3.63, 3.8) is 0 Å². The number of imidazole rings is 2. The first-order chi connectivity index (χ1) is 12.0. The first kappa shape index (κ1) is 16.0. The highest BCUT2D eigenvalue weighted by Crippen LogP contribution is 2.34. The maximum atomic E-state index is 11.0. The van der Waals surface area contributed by atoms with E-state index in [0.717, 1.165) is 18.8 Å². The standard InChI is InChI=1S/C16H22N8O/c1-16(25)3-4-23(6-11-5-18-9-22(11)2)7-12(16)24-10-21-13-14(17)19-8-20-15(13)24/h5,8-10,12,25H,3-4,6-7H2,1-2H3,(H2,17,19,20)/t12-,16-/m1/s1. The van der Waals surface area contributed by atoms with Crippen molar-refractivity contribution < 1.29 is 5.11 Å². The molecule has 3 aromatic rings. The zero-order valence-corrected chi connectivity index (χ0v) is 14.4. The number of nitrogens with zero attached hydrogens (tertiary/aromatic N) is 7. The van der Waals surface area contributed by atoms with Crippen LogP contribution in [0, 0.1) is 0 Å². The molecule has 25 heavy (non-hydrogen) atoms. The number of likely N-dealkylation sites (tertiary alicyclic amines) is 1. The second-order valence-corrected chi connectivity index (χ2v) is 6.94. The molecule has 0 amide bonds. The van der Waals surface area contributed by atoms with Crippen LogP contribution in [-0.4, -0.2) is 57.8 Å². The van der Waals surface area contributed by atoms with Crippen molar-refractivity contribution in [1.29, 1.82) is 0 Å². The van der Waals surface area contributed by atoms with Gasteiger partial charge in [-0.2, -0.15) is 0 Å². The van der Waals surface area contributed by atoms with Crippen molar-refractivity contribution >= 4 is 17.0 Å². The molecular formula is C16H22N8O. The molecule has 1 aliphatic rings. The topological polar surface area (TPSA) is 111 Å². The van der Waals surface area contributed by atoms with Crippen molar-refractivity contribution in [2.75, 3.05) is 18.8 Å². The first-order valence-electron chi connectivity index (χ1n) is 8.28. The lowest BCUT2D eigenvalue weighted by molar-refractivity contribution is -0.0519. The van der Waals surface area contributed by atoms with Crippen LogP contribution in [-0.2, 0) is 13.6 Å². The Labute approximate surface area is 145 Å². The monoisotopic (exact) mass is 342 g/mol. The summed E-state index contributed by atoms with van der Waals surface area (Å²) in [6, 6.07) is -0.172. The Hall–Kier alpha value is -2.52. The quantitative estimate of drug-likeness (QED) is 0.706. The third-order valence-corrected chi connectivity index (χ3v) is 5.11. The predicted octanol–water partition coefficient (Wildman–Crippen LogP) is 0.340. The van der Waals surface area contributed by atoms with Gasteiger partial charge < -0.3 is 20.0 Å². The van der Waals surface area contributed by atoms with E-state index >= 15 is 0 Å². The van der Waals surface area contributed by atoms with E-state index in [9.17, 15) is 5.11 Å². The number of nitrogen functional groups attached to an aromatic ring is 1. The molecule has 3 N–H and O–H groups in total. The van der Waals surface area contributed by atoms with Crippen molar-refractivity contribution in [2.24, 2.45) is 7.05 Å². The molecule has 0 aliphatic carbocycles. The summed E-state index contributed by atoms with van der Waals surface area (Å²) < 4.78 is 3.94. The zero-order chi connectivity index (χ0) is 17.6. The maximum absolute atomic E-state index is 11.0. The van der Waals surface area contributed by atoms with E-state index in [1.807, 2.05) is 29.3 Å². The number of aliphatic hydroxyl groups is 1. The van der Waals surface area contributed by atoms with Gasteiger partial charge >= 0.3 is 0 Å². The number of nitrogens with two attached hydrogens (primary N) is 1. The second-order valence-electron chi connectivity index (χ2n) is 6.94. The van der Waals surface area contributed by atoms with Crippen LogP contribution in [0.15, 0.2) is 25.2 Å². The highest BCUT2D eigenvalue weighted by Gasteiger charge is 2.39. The third-order valence-electron chi connectivity index (χ3n) is 5.11. The molecule has 1 aliphatic heterocycles. The molecule has 0 aromatic carbocycles. The van der Waals surface area contributed by atoms with Gasteiger partial charge in [-0.1, -0.05) is 0 Å². The molecule has 9 nitrogen and oxygen atoms in total. The molecule has 0 bridgehead atoms. The van der Waals surface area contributed by atoms with Gasteiger partial charge in [-0.3, -0.25) is 4.90 Å². The van der Waals surface area contributed by atoms with Gasteiger partial charge in [0.05, 0.1) is 30.0 Å². The SMILES string of the molecule is Cn1cncc1CN1CC[C@@](C)(O)[C@H](n2cnc3c(N)ncnc32)C1. The predicted molar refractivity (Wildman–Crippen MR) is 92.5 cm³/mol. The Balaban J connectivity index is 1.65. The second kappa shape index (κ2) is 5.78. The van der Waals surface area contributed by atoms with Crippen LogP contribution in [0.25, 0.3) is 11.2 Å². The molecule has 132 valence electrons. The first-order valence-corrected chi connectivity index (χ1v) is 8.28. The zero-order valence-electron chi connectivity index (χ0n) is 14.4. The van der Waals surface area contributed by atoms with Gasteiger partial charge in [0.2, 0.25) is 0 Å². The van der Waals surface area contributed by atoms with Crippen molar-refractivity contribution in [3.8, 4) is 0 Å². The van der Waals surface area contributed by atoms with Crippen molar-refractivity contribution in [1.82, 2.24) is 34.0 Å². The minimum Gasteiger partial charge on any atom is -0.388 e. The highest BCUT2D eigenvalue weighted by atomic mass is 16.3. The van der Waals surface area contributed by atoms with Gasteiger partial charge in [-0.25, -0.2) is 19.9 Å². The van der Waals surface area contributed by atoms with E-state index in [0.29, 0.717) is 29.9 Å². The smallest absolute Gasteiger partial charge is 0.165 e. The minimum atomic E-state index is -0.851. The Morgan fingerprint density at radius 2 is 2.16 bits per heavy atom. The van der Waals surface area contributed by atoms with Gasteiger partial charge in [0.15, 0.2) is 11.5 Å². The lowest BCUT2D eigenvalue weighted by atomic mass is 9.88. The molecule has 0 saturated carbocycles. The number of aromatic nitrogens is 6. The normalized spacial score (nSPS) is 24.8. The lowest BCUT2D eigenvalue weighted by Crippen LogP contribution is -2.50. The number of rotatable bonds is 3. The average Bonchev–Trinajstić information content (AvgIpc) is 3.17. The molecule has 0 radical (unpaired) electrons. The van der Waals surface area contributed by atoms with E-state index in [2.05, 4.69) is 24.8 Å². The molecule has 1 fully saturated rings. The molecule has 0 unspecified atom stereocenters. The third kappa shape index (κ3) is 2.75. The number of piperidine rings is 1. The van der Waals surface area contributed by atoms with Gasteiger partial charge in [0, 0.05) is 32.9 Å². The molecule has 9 heteroatoms. The van der Waals surface area contributed by atoms with E-state index in [-0.39, 0.29) is 6.04 Å². The molecule has 3 aromatic heterocycles. The summed E-state index contributed by atoms with van der Waals surface area (Å²) in [5, 5.41) is 11.0. The van der Waals surface area contributed by atoms with Gasteiger partial charge in [0.1, 0.15) is 11.8 Å². The lowest BCUT2D eigenvalue weighted by Gasteiger charge is -2.43. The van der Waals surface area contributed by atoms with Crippen LogP contribution in [0.3, 0.4) is 0 Å². The highest BCUT2D eigenvalue weighted by molar-refractivity contribution is 5.81. The Kier molecular flexibility index (Phi) is 3.69. The molecule has 1 saturated heterocycles. The summed E-state index contributed by atoms with van der Waals surface area (Å²) in [5.74, 6) is 0.353. The van der Waals surface area contributed by atoms with Crippen LogP contribution in [0.2, 0.25) is 0 Å². The van der Waals surface area contributed by atoms with Gasteiger partial charge in [-0.15, -0.1) is 0 Å². The molecule has 2 atom stereocenters.